The van der Waals surface area contributed by atoms with E-state index in [1.165, 1.54) is 6.92 Å². The van der Waals surface area contributed by atoms with Gasteiger partial charge in [0.05, 0.1) is 5.69 Å². The van der Waals surface area contributed by atoms with Gasteiger partial charge in [-0.1, -0.05) is 44.2 Å². The second kappa shape index (κ2) is 9.43. The number of unbranched alkanes of at least 4 members (excludes halogenated alkanes) is 1. The average molecular weight is 436 g/mol. The fourth-order valence-corrected chi connectivity index (χ4v) is 4.34. The minimum absolute atomic E-state index is 0.141. The third-order valence-electron chi connectivity index (χ3n) is 5.11. The highest BCUT2D eigenvalue weighted by Crippen LogP contribution is 2.43. The Bertz CT molecular complexity index is 1080. The zero-order valence-electron chi connectivity index (χ0n) is 17.9. The molecule has 0 saturated carbocycles. The van der Waals surface area contributed by atoms with Gasteiger partial charge in [0.25, 0.3) is 0 Å². The molecule has 3 heterocycles. The molecular formula is C23H25N5O2S. The van der Waals surface area contributed by atoms with Crippen LogP contribution in [0.1, 0.15) is 51.0 Å². The summed E-state index contributed by atoms with van der Waals surface area (Å²) < 4.78 is 6.36. The van der Waals surface area contributed by atoms with Crippen molar-refractivity contribution >= 4 is 23.4 Å². The van der Waals surface area contributed by atoms with Gasteiger partial charge in [-0.15, -0.1) is 10.2 Å². The van der Waals surface area contributed by atoms with Crippen LogP contribution in [0, 0.1) is 0 Å². The number of carbonyl (C=O) groups excluding carboxylic acids is 1. The number of ether oxygens (including phenoxy) is 1. The minimum atomic E-state index is -0.705. The second-order valence-electron chi connectivity index (χ2n) is 7.30. The van der Waals surface area contributed by atoms with E-state index in [4.69, 9.17) is 4.74 Å². The molecule has 3 aromatic rings. The Labute approximate surface area is 186 Å². The Kier molecular flexibility index (Phi) is 6.46. The van der Waals surface area contributed by atoms with Crippen LogP contribution in [0.4, 0.5) is 5.69 Å². The molecule has 0 saturated heterocycles. The van der Waals surface area contributed by atoms with Gasteiger partial charge in [-0.2, -0.15) is 4.98 Å². The maximum Gasteiger partial charge on any atom is 0.247 e. The van der Waals surface area contributed by atoms with Crippen LogP contribution in [0.15, 0.2) is 47.9 Å². The number of pyridine rings is 1. The lowest BCUT2D eigenvalue weighted by atomic mass is 10.0. The van der Waals surface area contributed by atoms with E-state index in [9.17, 15) is 4.79 Å². The number of hydrogen-bond donors (Lipinski definition) is 0. The number of carbonyl (C=O) groups is 1. The summed E-state index contributed by atoms with van der Waals surface area (Å²) in [6.45, 7) is 5.77. The molecule has 2 aromatic heterocycles. The fourth-order valence-electron chi connectivity index (χ4n) is 3.48. The van der Waals surface area contributed by atoms with E-state index in [1.54, 1.807) is 29.1 Å². The number of hydrogen-bond acceptors (Lipinski definition) is 7. The van der Waals surface area contributed by atoms with Crippen molar-refractivity contribution in [3.8, 4) is 17.1 Å². The maximum absolute atomic E-state index is 12.8. The first kappa shape index (κ1) is 21.2. The minimum Gasteiger partial charge on any atom is -0.447 e. The van der Waals surface area contributed by atoms with E-state index in [0.29, 0.717) is 16.7 Å². The van der Waals surface area contributed by atoms with E-state index < -0.39 is 6.23 Å². The highest BCUT2D eigenvalue weighted by atomic mass is 32.2. The van der Waals surface area contributed by atoms with E-state index in [0.717, 1.165) is 47.4 Å². The van der Waals surface area contributed by atoms with Crippen molar-refractivity contribution in [1.82, 2.24) is 20.2 Å². The summed E-state index contributed by atoms with van der Waals surface area (Å²) in [4.78, 5) is 23.3. The Balaban J connectivity index is 1.88. The van der Waals surface area contributed by atoms with Crippen LogP contribution in [0.5, 0.6) is 5.88 Å². The van der Waals surface area contributed by atoms with Gasteiger partial charge in [0.1, 0.15) is 0 Å². The van der Waals surface area contributed by atoms with Crippen LogP contribution >= 0.6 is 11.8 Å². The number of anilines is 1. The monoisotopic (exact) mass is 435 g/mol. The Morgan fingerprint density at radius 1 is 1.23 bits per heavy atom. The van der Waals surface area contributed by atoms with Gasteiger partial charge in [-0.25, -0.2) is 0 Å². The maximum atomic E-state index is 12.8. The second-order valence-corrected chi connectivity index (χ2v) is 8.36. The summed E-state index contributed by atoms with van der Waals surface area (Å²) in [5.41, 5.74) is 3.95. The molecule has 31 heavy (non-hydrogen) atoms. The summed E-state index contributed by atoms with van der Waals surface area (Å²) in [6, 6.07) is 9.73. The molecule has 1 atom stereocenters. The van der Waals surface area contributed by atoms with Crippen molar-refractivity contribution in [1.29, 1.82) is 0 Å². The van der Waals surface area contributed by atoms with Crippen molar-refractivity contribution in [2.75, 3.05) is 10.7 Å². The summed E-state index contributed by atoms with van der Waals surface area (Å²) in [7, 11) is 0. The predicted octanol–water partition coefficient (Wildman–Crippen LogP) is 4.83. The molecule has 0 radical (unpaired) electrons. The third-order valence-corrected chi connectivity index (χ3v) is 6.04. The molecule has 1 aliphatic heterocycles. The molecule has 8 heteroatoms. The average Bonchev–Trinajstić information content (AvgIpc) is 2.93. The molecular weight excluding hydrogens is 410 g/mol. The van der Waals surface area contributed by atoms with Crippen LogP contribution in [0.3, 0.4) is 0 Å². The molecule has 1 amide bonds. The van der Waals surface area contributed by atoms with Crippen LogP contribution < -0.4 is 9.64 Å². The first-order chi connectivity index (χ1) is 15.1. The smallest absolute Gasteiger partial charge is 0.247 e. The van der Waals surface area contributed by atoms with Crippen LogP contribution in [0.2, 0.25) is 0 Å². The molecule has 1 aliphatic rings. The largest absolute Gasteiger partial charge is 0.447 e. The van der Waals surface area contributed by atoms with Crippen molar-refractivity contribution < 1.29 is 9.53 Å². The molecule has 0 N–H and O–H groups in total. The summed E-state index contributed by atoms with van der Waals surface area (Å²) in [5, 5.41) is 9.39. The molecule has 0 fully saturated rings. The number of rotatable bonds is 6. The Morgan fingerprint density at radius 2 is 2.10 bits per heavy atom. The summed E-state index contributed by atoms with van der Waals surface area (Å²) in [6.07, 6.45) is 5.74. The zero-order valence-corrected chi connectivity index (χ0v) is 18.7. The fraction of sp³-hybridized carbons (Fsp3) is 0.348. The number of fused-ring (bicyclic) bond motifs is 3. The summed E-state index contributed by atoms with van der Waals surface area (Å²) >= 11 is 1.56. The van der Waals surface area contributed by atoms with E-state index in [-0.39, 0.29) is 5.91 Å². The van der Waals surface area contributed by atoms with Gasteiger partial charge in [0, 0.05) is 36.2 Å². The molecule has 160 valence electrons. The molecule has 7 nitrogen and oxygen atoms in total. The SMILES string of the molecule is CCCCSc1nnc2c(n1)O[C@@H](c1cccnc1)N(C(C)=O)c1ccc(CC)cc1-2. The van der Waals surface area contributed by atoms with E-state index >= 15 is 0 Å². The topological polar surface area (TPSA) is 81.1 Å². The third kappa shape index (κ3) is 4.39. The van der Waals surface area contributed by atoms with Crippen LogP contribution in [0.25, 0.3) is 11.3 Å². The number of aromatic nitrogens is 4. The lowest BCUT2D eigenvalue weighted by Gasteiger charge is -2.29. The first-order valence-corrected chi connectivity index (χ1v) is 11.5. The molecule has 1 aromatic carbocycles. The zero-order chi connectivity index (χ0) is 21.8. The van der Waals surface area contributed by atoms with Crippen LogP contribution in [-0.2, 0) is 11.2 Å². The number of benzene rings is 1. The molecule has 0 aliphatic carbocycles. The lowest BCUT2D eigenvalue weighted by Crippen LogP contribution is -2.36. The predicted molar refractivity (Wildman–Crippen MR) is 121 cm³/mol. The first-order valence-electron chi connectivity index (χ1n) is 10.5. The molecule has 0 unspecified atom stereocenters. The van der Waals surface area contributed by atoms with Gasteiger partial charge in [-0.05, 0) is 36.6 Å². The van der Waals surface area contributed by atoms with Gasteiger partial charge >= 0.3 is 0 Å². The van der Waals surface area contributed by atoms with Crippen molar-refractivity contribution in [3.63, 3.8) is 0 Å². The highest BCUT2D eigenvalue weighted by Gasteiger charge is 2.34. The Morgan fingerprint density at radius 3 is 2.81 bits per heavy atom. The van der Waals surface area contributed by atoms with Crippen molar-refractivity contribution in [2.45, 2.75) is 51.4 Å². The number of thioether (sulfide) groups is 1. The molecule has 0 spiro atoms. The quantitative estimate of drug-likeness (QED) is 0.405. The standard InChI is InChI=1S/C23H25N5O2S/c1-4-6-12-31-23-25-21-20(26-27-23)18-13-16(5-2)9-10-19(18)28(15(3)29)22(30-21)17-8-7-11-24-14-17/h7-11,13-14,22H,4-6,12H2,1-3H3/t22-/m0/s1. The number of amides is 1. The van der Waals surface area contributed by atoms with Crippen molar-refractivity contribution in [2.24, 2.45) is 0 Å². The highest BCUT2D eigenvalue weighted by molar-refractivity contribution is 7.99. The van der Waals surface area contributed by atoms with E-state index in [2.05, 4.69) is 34.0 Å². The normalized spacial score (nSPS) is 14.9. The number of aryl methyl sites for hydroxylation is 1. The van der Waals surface area contributed by atoms with Gasteiger partial charge in [0.15, 0.2) is 5.69 Å². The lowest BCUT2D eigenvalue weighted by molar-refractivity contribution is -0.118. The van der Waals surface area contributed by atoms with Crippen LogP contribution in [-0.4, -0.2) is 31.8 Å². The summed E-state index contributed by atoms with van der Waals surface area (Å²) in [5.74, 6) is 1.15. The molecule has 0 bridgehead atoms. The molecule has 4 rings (SSSR count). The van der Waals surface area contributed by atoms with E-state index in [1.807, 2.05) is 30.3 Å². The van der Waals surface area contributed by atoms with Gasteiger partial charge < -0.3 is 4.74 Å². The van der Waals surface area contributed by atoms with Crippen molar-refractivity contribution in [3.05, 3.63) is 53.9 Å². The van der Waals surface area contributed by atoms with Gasteiger partial charge in [-0.3, -0.25) is 14.7 Å². The number of nitrogens with zero attached hydrogens (tertiary/aromatic N) is 5. The van der Waals surface area contributed by atoms with Gasteiger partial charge in [0.2, 0.25) is 23.2 Å². The Hall–Kier alpha value is -3.00.